The average molecular weight is 449 g/mol. The molecule has 32 heavy (non-hydrogen) atoms. The molecule has 0 unspecified atom stereocenters. The highest BCUT2D eigenvalue weighted by Gasteiger charge is 2.15. The third kappa shape index (κ3) is 5.49. The van der Waals surface area contributed by atoms with Crippen LogP contribution in [0.25, 0.3) is 5.52 Å². The maximum atomic E-state index is 13.4. The normalized spacial score (nSPS) is 13.2. The summed E-state index contributed by atoms with van der Waals surface area (Å²) in [4.78, 5) is 1.12. The fourth-order valence-corrected chi connectivity index (χ4v) is 4.21. The number of hydrogen-bond donors (Lipinski definition) is 3. The van der Waals surface area contributed by atoms with E-state index in [4.69, 9.17) is 11.3 Å². The van der Waals surface area contributed by atoms with Gasteiger partial charge in [0.2, 0.25) is 0 Å². The molecule has 1 aliphatic rings. The highest BCUT2D eigenvalue weighted by molar-refractivity contribution is 7.99. The lowest BCUT2D eigenvalue weighted by Gasteiger charge is -2.09. The molecular weight excluding hydrogens is 427 g/mol. The van der Waals surface area contributed by atoms with E-state index >= 15 is 0 Å². The molecule has 0 amide bonds. The van der Waals surface area contributed by atoms with Crippen molar-refractivity contribution in [2.24, 2.45) is 10.9 Å². The van der Waals surface area contributed by atoms with Gasteiger partial charge in [-0.1, -0.05) is 18.2 Å². The molecule has 0 saturated carbocycles. The molecule has 0 atom stereocenters. The van der Waals surface area contributed by atoms with Gasteiger partial charge in [0.1, 0.15) is 18.0 Å². The average Bonchev–Trinajstić information content (AvgIpc) is 3.25. The van der Waals surface area contributed by atoms with E-state index in [1.54, 1.807) is 12.3 Å². The second-order valence-corrected chi connectivity index (χ2v) is 8.00. The van der Waals surface area contributed by atoms with Gasteiger partial charge in [-0.15, -0.1) is 0 Å². The summed E-state index contributed by atoms with van der Waals surface area (Å²) >= 11 is 1.19. The van der Waals surface area contributed by atoms with Crippen molar-refractivity contribution < 1.29 is 4.39 Å². The summed E-state index contributed by atoms with van der Waals surface area (Å²) in [5.74, 6) is 4.60. The molecule has 0 spiro atoms. The largest absolute Gasteiger partial charge is 0.323 e. The van der Waals surface area contributed by atoms with Crippen molar-refractivity contribution >= 4 is 29.2 Å². The molecule has 0 aliphatic carbocycles. The monoisotopic (exact) mass is 448 g/mol. The van der Waals surface area contributed by atoms with Crippen molar-refractivity contribution in [2.45, 2.75) is 29.1 Å². The van der Waals surface area contributed by atoms with Gasteiger partial charge in [-0.05, 0) is 50.2 Å². The van der Waals surface area contributed by atoms with Gasteiger partial charge in [0.15, 0.2) is 0 Å². The molecule has 0 radical (unpaired) electrons. The fourth-order valence-electron chi connectivity index (χ4n) is 3.14. The lowest BCUT2D eigenvalue weighted by atomic mass is 10.1. The topological polar surface area (TPSA) is 139 Å². The number of halogens is 1. The highest BCUT2D eigenvalue weighted by atomic mass is 32.2. The Hall–Kier alpha value is -3.73. The Morgan fingerprint density at radius 1 is 1.19 bits per heavy atom. The van der Waals surface area contributed by atoms with E-state index in [1.807, 2.05) is 6.07 Å². The molecule has 1 aromatic carbocycles. The fraction of sp³-hybridized carbons (Fsp3) is 0.227. The second kappa shape index (κ2) is 11.0. The van der Waals surface area contributed by atoms with Crippen molar-refractivity contribution in [1.29, 1.82) is 15.9 Å². The number of rotatable bonds is 4. The first-order valence-electron chi connectivity index (χ1n) is 9.89. The first-order valence-corrected chi connectivity index (χ1v) is 10.7. The summed E-state index contributed by atoms with van der Waals surface area (Å²) in [7, 11) is 0. The number of hydrazone groups is 1. The number of fused-ring (bicyclic) bond motifs is 1. The van der Waals surface area contributed by atoms with Crippen LogP contribution in [0.15, 0.2) is 51.6 Å². The smallest absolute Gasteiger partial charge is 0.124 e. The molecule has 10 heteroatoms. The van der Waals surface area contributed by atoms with Gasteiger partial charge in [-0.25, -0.2) is 8.91 Å². The minimum atomic E-state index is -0.507. The van der Waals surface area contributed by atoms with Crippen LogP contribution in [0.2, 0.25) is 0 Å². The van der Waals surface area contributed by atoms with E-state index in [2.05, 4.69) is 21.6 Å². The van der Waals surface area contributed by atoms with Crippen LogP contribution in [-0.2, 0) is 0 Å². The Morgan fingerprint density at radius 3 is 2.53 bits per heavy atom. The van der Waals surface area contributed by atoms with E-state index < -0.39 is 5.82 Å². The van der Waals surface area contributed by atoms with Crippen molar-refractivity contribution in [2.75, 3.05) is 13.1 Å². The van der Waals surface area contributed by atoms with Gasteiger partial charge in [-0.3, -0.25) is 5.41 Å². The number of nitrogens with two attached hydrogens (primary N) is 1. The number of pyridine rings is 1. The Kier molecular flexibility index (Phi) is 7.92. The first kappa shape index (κ1) is 22.9. The lowest BCUT2D eigenvalue weighted by molar-refractivity contribution is 0.520. The van der Waals surface area contributed by atoms with Crippen molar-refractivity contribution in [3.8, 4) is 12.1 Å². The number of aromatic nitrogens is 2. The third-order valence-corrected chi connectivity index (χ3v) is 5.81. The van der Waals surface area contributed by atoms with Gasteiger partial charge < -0.3 is 11.2 Å². The van der Waals surface area contributed by atoms with Crippen LogP contribution in [0.3, 0.4) is 0 Å². The SMILES string of the molecule is C1CCNCC1.N#Cc1cc(F)ccc1Sc1cc(C(=N)/C=N\N)cn2ncc(C#N)c12. The van der Waals surface area contributed by atoms with E-state index in [0.29, 0.717) is 26.4 Å². The predicted octanol–water partition coefficient (Wildman–Crippen LogP) is 3.44. The molecule has 4 rings (SSSR count). The molecule has 3 heterocycles. The van der Waals surface area contributed by atoms with Gasteiger partial charge in [0.05, 0.1) is 34.8 Å². The molecule has 0 bridgehead atoms. The minimum absolute atomic E-state index is 0.0601. The van der Waals surface area contributed by atoms with Crippen LogP contribution < -0.4 is 11.2 Å². The maximum absolute atomic E-state index is 13.4. The summed E-state index contributed by atoms with van der Waals surface area (Å²) in [6, 6.07) is 9.60. The summed E-state index contributed by atoms with van der Waals surface area (Å²) in [6.07, 6.45) is 8.40. The number of nitrogens with one attached hydrogen (secondary N) is 2. The molecule has 4 N–H and O–H groups in total. The number of piperidine rings is 1. The molecule has 2 aromatic heterocycles. The van der Waals surface area contributed by atoms with Crippen molar-refractivity contribution in [3.05, 3.63) is 59.2 Å². The number of benzene rings is 1. The van der Waals surface area contributed by atoms with Crippen LogP contribution in [0.5, 0.6) is 0 Å². The summed E-state index contributed by atoms with van der Waals surface area (Å²) in [5, 5.41) is 37.3. The van der Waals surface area contributed by atoms with Crippen molar-refractivity contribution in [1.82, 2.24) is 14.9 Å². The molecule has 8 nitrogen and oxygen atoms in total. The van der Waals surface area contributed by atoms with Crippen LogP contribution in [0.4, 0.5) is 4.39 Å². The zero-order chi connectivity index (χ0) is 22.9. The molecule has 1 saturated heterocycles. The van der Waals surface area contributed by atoms with Crippen LogP contribution in [-0.4, -0.2) is 34.6 Å². The Bertz CT molecular complexity index is 1220. The summed E-state index contributed by atoms with van der Waals surface area (Å²) < 4.78 is 14.9. The standard InChI is InChI=1S/C17H10FN7S.C5H11N/c18-13-1-2-15(10(3-13)5-19)26-16-4-11(14(21)8-23-22)9-25-17(16)12(6-20)7-24-25;1-2-4-6-5-3-1/h1-4,7-9,21H,22H2;6H,1-5H2/b21-14?,23-8-;. The summed E-state index contributed by atoms with van der Waals surface area (Å²) in [5.41, 5.74) is 1.59. The van der Waals surface area contributed by atoms with Gasteiger partial charge in [-0.2, -0.15) is 20.7 Å². The number of nitriles is 2. The third-order valence-electron chi connectivity index (χ3n) is 4.70. The Morgan fingerprint density at radius 2 is 1.94 bits per heavy atom. The zero-order valence-corrected chi connectivity index (χ0v) is 18.0. The van der Waals surface area contributed by atoms with Gasteiger partial charge >= 0.3 is 0 Å². The zero-order valence-electron chi connectivity index (χ0n) is 17.2. The van der Waals surface area contributed by atoms with E-state index in [-0.39, 0.29) is 11.3 Å². The van der Waals surface area contributed by atoms with E-state index in [9.17, 15) is 14.9 Å². The Labute approximate surface area is 189 Å². The minimum Gasteiger partial charge on any atom is -0.323 e. The Balaban J connectivity index is 0.000000416. The number of nitrogens with zero attached hydrogens (tertiary/aromatic N) is 5. The van der Waals surface area contributed by atoms with Crippen LogP contribution >= 0.6 is 11.8 Å². The maximum Gasteiger partial charge on any atom is 0.124 e. The molecular formula is C22H21FN8S. The lowest BCUT2D eigenvalue weighted by Crippen LogP contribution is -2.21. The molecule has 162 valence electrons. The van der Waals surface area contributed by atoms with Gasteiger partial charge in [0.25, 0.3) is 0 Å². The quantitative estimate of drug-likeness (QED) is 0.317. The molecule has 1 aliphatic heterocycles. The van der Waals surface area contributed by atoms with Crippen LogP contribution in [0.1, 0.15) is 36.0 Å². The molecule has 1 fully saturated rings. The highest BCUT2D eigenvalue weighted by Crippen LogP contribution is 2.35. The second-order valence-electron chi connectivity index (χ2n) is 6.91. The predicted molar refractivity (Wildman–Crippen MR) is 121 cm³/mol. The van der Waals surface area contributed by atoms with Crippen molar-refractivity contribution in [3.63, 3.8) is 0 Å². The van der Waals surface area contributed by atoms with E-state index in [0.717, 1.165) is 6.07 Å². The number of hydrogen-bond acceptors (Lipinski definition) is 8. The van der Waals surface area contributed by atoms with E-state index in [1.165, 1.54) is 73.2 Å². The first-order chi connectivity index (χ1) is 15.6. The molecule has 3 aromatic rings. The van der Waals surface area contributed by atoms with Gasteiger partial charge in [0, 0.05) is 21.6 Å². The summed E-state index contributed by atoms with van der Waals surface area (Å²) in [6.45, 7) is 2.50. The van der Waals surface area contributed by atoms with Crippen LogP contribution in [0, 0.1) is 33.9 Å².